The fourth-order valence-electron chi connectivity index (χ4n) is 3.74. The van der Waals surface area contributed by atoms with Crippen LogP contribution in [0.25, 0.3) is 22.6 Å². The van der Waals surface area contributed by atoms with Crippen LogP contribution in [-0.4, -0.2) is 20.9 Å². The third kappa shape index (κ3) is 5.20. The van der Waals surface area contributed by atoms with Gasteiger partial charge in [0.1, 0.15) is 5.52 Å². The Kier molecular flexibility index (Phi) is 6.88. The Labute approximate surface area is 207 Å². The molecule has 0 saturated heterocycles. The normalized spacial score (nSPS) is 11.7. The quantitative estimate of drug-likeness (QED) is 0.185. The summed E-state index contributed by atoms with van der Waals surface area (Å²) < 4.78 is 5.95. The molecule has 0 radical (unpaired) electrons. The molecular weight excluding hydrogens is 464 g/mol. The molecule has 0 bridgehead atoms. The topological polar surface area (TPSA) is 110 Å². The predicted molar refractivity (Wildman–Crippen MR) is 140 cm³/mol. The van der Waals surface area contributed by atoms with Crippen LogP contribution < -0.4 is 10.6 Å². The number of nitrogens with one attached hydrogen (secondary N) is 2. The van der Waals surface area contributed by atoms with Crippen LogP contribution >= 0.6 is 12.2 Å². The van der Waals surface area contributed by atoms with E-state index in [2.05, 4.69) is 41.6 Å². The third-order valence-corrected chi connectivity index (χ3v) is 6.14. The smallest absolute Gasteiger partial charge is 0.273 e. The Hall–Kier alpha value is -4.11. The number of thiocarbonyl (C=S) groups is 1. The molecule has 4 aromatic rings. The minimum Gasteiger partial charge on any atom is -0.436 e. The lowest BCUT2D eigenvalue weighted by atomic mass is 9.98. The molecule has 0 aliphatic rings. The number of rotatable bonds is 6. The van der Waals surface area contributed by atoms with Crippen molar-refractivity contribution in [2.45, 2.75) is 33.1 Å². The second kappa shape index (κ2) is 10.0. The molecule has 1 atom stereocenters. The SMILES string of the molecule is CC[C@@H](C)c1ccc2oc(-c3cccc(NC(=S)NC(=O)c4cccc([N+](=O)[O-])c4C)c3)nc2c1. The standard InChI is InChI=1S/C26H24N4O4S/c1-4-15(2)17-11-12-23-21(14-17)28-25(34-23)18-7-5-8-19(13-18)27-26(35)29-24(31)20-9-6-10-22(16(20)3)30(32)33/h5-15H,4H2,1-3H3,(H2,27,29,31,35)/t15-/m1/s1. The maximum Gasteiger partial charge on any atom is 0.273 e. The van der Waals surface area contributed by atoms with Crippen molar-refractivity contribution in [3.05, 3.63) is 87.5 Å². The van der Waals surface area contributed by atoms with Crippen LogP contribution in [0.1, 0.15) is 47.7 Å². The summed E-state index contributed by atoms with van der Waals surface area (Å²) in [7, 11) is 0. The summed E-state index contributed by atoms with van der Waals surface area (Å²) in [4.78, 5) is 27.9. The van der Waals surface area contributed by atoms with Crippen molar-refractivity contribution in [2.24, 2.45) is 0 Å². The number of carbonyl (C=O) groups is 1. The van der Waals surface area contributed by atoms with Crippen molar-refractivity contribution in [3.8, 4) is 11.5 Å². The predicted octanol–water partition coefficient (Wildman–Crippen LogP) is 6.35. The number of nitro groups is 1. The number of carbonyl (C=O) groups excluding carboxylic acids is 1. The van der Waals surface area contributed by atoms with E-state index in [-0.39, 0.29) is 21.9 Å². The van der Waals surface area contributed by atoms with E-state index in [1.54, 1.807) is 6.07 Å². The molecule has 8 nitrogen and oxygen atoms in total. The number of fused-ring (bicyclic) bond motifs is 1. The number of anilines is 1. The fraction of sp³-hybridized carbons (Fsp3) is 0.192. The highest BCUT2D eigenvalue weighted by Gasteiger charge is 2.19. The van der Waals surface area contributed by atoms with Crippen molar-refractivity contribution in [1.29, 1.82) is 0 Å². The summed E-state index contributed by atoms with van der Waals surface area (Å²) in [5.41, 5.74) is 4.43. The fourth-order valence-corrected chi connectivity index (χ4v) is 3.95. The largest absolute Gasteiger partial charge is 0.436 e. The molecule has 4 rings (SSSR count). The van der Waals surface area contributed by atoms with Crippen LogP contribution in [0.4, 0.5) is 11.4 Å². The monoisotopic (exact) mass is 488 g/mol. The van der Waals surface area contributed by atoms with Gasteiger partial charge in [-0.2, -0.15) is 0 Å². The second-order valence-corrected chi connectivity index (χ2v) is 8.66. The number of benzene rings is 3. The van der Waals surface area contributed by atoms with Gasteiger partial charge in [0.05, 0.1) is 4.92 Å². The summed E-state index contributed by atoms with van der Waals surface area (Å²) in [6.45, 7) is 5.86. The maximum atomic E-state index is 12.6. The molecule has 0 saturated carbocycles. The van der Waals surface area contributed by atoms with E-state index < -0.39 is 10.8 Å². The number of hydrogen-bond acceptors (Lipinski definition) is 6. The van der Waals surface area contributed by atoms with Gasteiger partial charge >= 0.3 is 0 Å². The highest BCUT2D eigenvalue weighted by atomic mass is 32.1. The molecule has 3 aromatic carbocycles. The van der Waals surface area contributed by atoms with Crippen molar-refractivity contribution >= 4 is 45.7 Å². The summed E-state index contributed by atoms with van der Waals surface area (Å²) in [5, 5.41) is 16.8. The molecule has 9 heteroatoms. The van der Waals surface area contributed by atoms with E-state index in [0.29, 0.717) is 23.1 Å². The first-order valence-corrected chi connectivity index (χ1v) is 11.5. The van der Waals surface area contributed by atoms with E-state index in [1.165, 1.54) is 30.7 Å². The van der Waals surface area contributed by atoms with Gasteiger partial charge in [0.25, 0.3) is 11.6 Å². The van der Waals surface area contributed by atoms with Gasteiger partial charge in [0, 0.05) is 28.4 Å². The average molecular weight is 489 g/mol. The zero-order valence-corrected chi connectivity index (χ0v) is 20.3. The van der Waals surface area contributed by atoms with Crippen molar-refractivity contribution in [2.75, 3.05) is 5.32 Å². The van der Waals surface area contributed by atoms with E-state index >= 15 is 0 Å². The Morgan fingerprint density at radius 3 is 2.69 bits per heavy atom. The molecule has 0 unspecified atom stereocenters. The summed E-state index contributed by atoms with van der Waals surface area (Å²) >= 11 is 5.29. The second-order valence-electron chi connectivity index (χ2n) is 8.25. The van der Waals surface area contributed by atoms with E-state index in [0.717, 1.165) is 17.5 Å². The van der Waals surface area contributed by atoms with Crippen molar-refractivity contribution in [3.63, 3.8) is 0 Å². The maximum absolute atomic E-state index is 12.6. The zero-order chi connectivity index (χ0) is 25.1. The number of hydrogen-bond donors (Lipinski definition) is 2. The number of nitro benzene ring substituents is 1. The molecule has 1 aromatic heterocycles. The number of nitrogens with zero attached hydrogens (tertiary/aromatic N) is 2. The Morgan fingerprint density at radius 1 is 1.17 bits per heavy atom. The summed E-state index contributed by atoms with van der Waals surface area (Å²) in [6, 6.07) is 17.7. The number of amides is 1. The van der Waals surface area contributed by atoms with Gasteiger partial charge in [-0.3, -0.25) is 20.2 Å². The lowest BCUT2D eigenvalue weighted by Gasteiger charge is -2.11. The molecule has 0 fully saturated rings. The van der Waals surface area contributed by atoms with Gasteiger partial charge in [-0.05, 0) is 73.4 Å². The van der Waals surface area contributed by atoms with Gasteiger partial charge in [0.2, 0.25) is 5.89 Å². The highest BCUT2D eigenvalue weighted by Crippen LogP contribution is 2.29. The van der Waals surface area contributed by atoms with Gasteiger partial charge in [-0.25, -0.2) is 4.98 Å². The molecule has 1 amide bonds. The Bertz CT molecular complexity index is 1450. The molecule has 2 N–H and O–H groups in total. The van der Waals surface area contributed by atoms with Gasteiger partial charge < -0.3 is 9.73 Å². The van der Waals surface area contributed by atoms with Crippen LogP contribution in [0, 0.1) is 17.0 Å². The zero-order valence-electron chi connectivity index (χ0n) is 19.5. The first kappa shape index (κ1) is 24.0. The molecule has 0 aliphatic heterocycles. The average Bonchev–Trinajstić information content (AvgIpc) is 3.27. The summed E-state index contributed by atoms with van der Waals surface area (Å²) in [5.74, 6) is 0.386. The number of aromatic nitrogens is 1. The number of oxazole rings is 1. The third-order valence-electron chi connectivity index (χ3n) is 5.93. The van der Waals surface area contributed by atoms with E-state index in [4.69, 9.17) is 16.6 Å². The van der Waals surface area contributed by atoms with Crippen LogP contribution in [0.15, 0.2) is 65.1 Å². The van der Waals surface area contributed by atoms with Crippen LogP contribution in [-0.2, 0) is 0 Å². The molecule has 0 spiro atoms. The lowest BCUT2D eigenvalue weighted by Crippen LogP contribution is -2.34. The molecule has 0 aliphatic carbocycles. The van der Waals surface area contributed by atoms with Gasteiger partial charge in [0.15, 0.2) is 10.7 Å². The molecule has 1 heterocycles. The van der Waals surface area contributed by atoms with Crippen LogP contribution in [0.5, 0.6) is 0 Å². The first-order chi connectivity index (χ1) is 16.8. The molecular formula is C26H24N4O4S. The molecule has 178 valence electrons. The first-order valence-electron chi connectivity index (χ1n) is 11.1. The summed E-state index contributed by atoms with van der Waals surface area (Å²) in [6.07, 6.45) is 1.04. The minimum absolute atomic E-state index is 0.0637. The van der Waals surface area contributed by atoms with Crippen molar-refractivity contribution < 1.29 is 14.1 Å². The van der Waals surface area contributed by atoms with Crippen LogP contribution in [0.3, 0.4) is 0 Å². The minimum atomic E-state index is -0.532. The Morgan fingerprint density at radius 2 is 1.94 bits per heavy atom. The van der Waals surface area contributed by atoms with Crippen molar-refractivity contribution in [1.82, 2.24) is 10.3 Å². The Balaban J connectivity index is 1.50. The lowest BCUT2D eigenvalue weighted by molar-refractivity contribution is -0.385. The van der Waals surface area contributed by atoms with E-state index in [1.807, 2.05) is 24.3 Å². The van der Waals surface area contributed by atoms with Gasteiger partial charge in [-0.1, -0.05) is 32.0 Å². The van der Waals surface area contributed by atoms with Gasteiger partial charge in [-0.15, -0.1) is 0 Å². The highest BCUT2D eigenvalue weighted by molar-refractivity contribution is 7.80. The van der Waals surface area contributed by atoms with E-state index in [9.17, 15) is 14.9 Å². The molecule has 35 heavy (non-hydrogen) atoms. The van der Waals surface area contributed by atoms with Crippen LogP contribution in [0.2, 0.25) is 0 Å².